The molecular weight excluding hydrogens is 236 g/mol. The highest BCUT2D eigenvalue weighted by atomic mass is 16.5. The summed E-state index contributed by atoms with van der Waals surface area (Å²) in [5.41, 5.74) is 3.86. The van der Waals surface area contributed by atoms with Crippen molar-refractivity contribution < 1.29 is 4.74 Å². The van der Waals surface area contributed by atoms with E-state index in [1.165, 1.54) is 16.7 Å². The number of hydrogen-bond acceptors (Lipinski definition) is 3. The Morgan fingerprint density at radius 3 is 2.32 bits per heavy atom. The second kappa shape index (κ2) is 7.51. The number of nitrogens with one attached hydrogen (secondary N) is 2. The predicted octanol–water partition coefficient (Wildman–Crippen LogP) is 2.82. The van der Waals surface area contributed by atoms with Crippen LogP contribution in [0.15, 0.2) is 12.1 Å². The average molecular weight is 264 g/mol. The van der Waals surface area contributed by atoms with Gasteiger partial charge in [-0.15, -0.1) is 0 Å². The maximum absolute atomic E-state index is 5.40. The van der Waals surface area contributed by atoms with Crippen LogP contribution in [0, 0.1) is 19.8 Å². The van der Waals surface area contributed by atoms with Gasteiger partial charge in [0.25, 0.3) is 0 Å². The van der Waals surface area contributed by atoms with Gasteiger partial charge in [-0.1, -0.05) is 19.4 Å². The van der Waals surface area contributed by atoms with Crippen LogP contribution >= 0.6 is 0 Å². The minimum Gasteiger partial charge on any atom is -0.496 e. The van der Waals surface area contributed by atoms with Gasteiger partial charge < -0.3 is 15.4 Å². The van der Waals surface area contributed by atoms with Crippen molar-refractivity contribution >= 4 is 0 Å². The standard InChI is InChI=1S/C16H28N2O/c1-7-13(10-17-4)16(18-5)14-8-12(3)15(19-6)9-11(14)2/h8-9,13,16-18H,7,10H2,1-6H3. The highest BCUT2D eigenvalue weighted by molar-refractivity contribution is 5.43. The Hall–Kier alpha value is -1.06. The van der Waals surface area contributed by atoms with E-state index in [9.17, 15) is 0 Å². The number of hydrogen-bond donors (Lipinski definition) is 2. The molecule has 1 aromatic carbocycles. The number of methoxy groups -OCH3 is 1. The summed E-state index contributed by atoms with van der Waals surface area (Å²) >= 11 is 0. The number of rotatable bonds is 7. The molecule has 0 amide bonds. The van der Waals surface area contributed by atoms with E-state index in [2.05, 4.69) is 43.5 Å². The van der Waals surface area contributed by atoms with Crippen LogP contribution in [0.3, 0.4) is 0 Å². The maximum atomic E-state index is 5.40. The molecule has 2 N–H and O–H groups in total. The van der Waals surface area contributed by atoms with E-state index < -0.39 is 0 Å². The van der Waals surface area contributed by atoms with Crippen LogP contribution in [-0.2, 0) is 0 Å². The summed E-state index contributed by atoms with van der Waals surface area (Å²) in [6, 6.07) is 4.77. The van der Waals surface area contributed by atoms with Crippen LogP contribution < -0.4 is 15.4 Å². The van der Waals surface area contributed by atoms with Crippen molar-refractivity contribution in [2.24, 2.45) is 5.92 Å². The first-order valence-corrected chi connectivity index (χ1v) is 7.05. The molecule has 0 saturated heterocycles. The summed E-state index contributed by atoms with van der Waals surface area (Å²) in [6.45, 7) is 7.53. The molecule has 108 valence electrons. The molecule has 2 atom stereocenters. The van der Waals surface area contributed by atoms with E-state index in [-0.39, 0.29) is 0 Å². The topological polar surface area (TPSA) is 33.3 Å². The molecule has 0 saturated carbocycles. The molecule has 2 unspecified atom stereocenters. The van der Waals surface area contributed by atoms with Gasteiger partial charge in [-0.2, -0.15) is 0 Å². The third-order valence-electron chi connectivity index (χ3n) is 3.89. The SMILES string of the molecule is CCC(CNC)C(NC)c1cc(C)c(OC)cc1C. The molecule has 0 aliphatic carbocycles. The number of benzene rings is 1. The first-order valence-electron chi connectivity index (χ1n) is 7.05. The van der Waals surface area contributed by atoms with Crippen molar-refractivity contribution in [2.45, 2.75) is 33.2 Å². The summed E-state index contributed by atoms with van der Waals surface area (Å²) in [4.78, 5) is 0. The second-order valence-corrected chi connectivity index (χ2v) is 5.17. The van der Waals surface area contributed by atoms with Crippen LogP contribution in [0.2, 0.25) is 0 Å². The normalized spacial score (nSPS) is 14.2. The lowest BCUT2D eigenvalue weighted by atomic mass is 9.87. The van der Waals surface area contributed by atoms with E-state index in [1.807, 2.05) is 14.1 Å². The van der Waals surface area contributed by atoms with Crippen molar-refractivity contribution in [3.05, 3.63) is 28.8 Å². The van der Waals surface area contributed by atoms with Crippen molar-refractivity contribution in [1.29, 1.82) is 0 Å². The summed E-state index contributed by atoms with van der Waals surface area (Å²) in [6.07, 6.45) is 1.15. The Morgan fingerprint density at radius 2 is 1.84 bits per heavy atom. The molecule has 0 bridgehead atoms. The van der Waals surface area contributed by atoms with Crippen LogP contribution in [-0.4, -0.2) is 27.7 Å². The zero-order valence-corrected chi connectivity index (χ0v) is 13.1. The fourth-order valence-corrected chi connectivity index (χ4v) is 2.77. The first kappa shape index (κ1) is 16.0. The van der Waals surface area contributed by atoms with Crippen molar-refractivity contribution in [3.63, 3.8) is 0 Å². The minimum atomic E-state index is 0.377. The molecule has 1 rings (SSSR count). The molecule has 3 nitrogen and oxygen atoms in total. The van der Waals surface area contributed by atoms with Gasteiger partial charge in [0.15, 0.2) is 0 Å². The second-order valence-electron chi connectivity index (χ2n) is 5.17. The zero-order chi connectivity index (χ0) is 14.4. The van der Waals surface area contributed by atoms with E-state index in [0.29, 0.717) is 12.0 Å². The van der Waals surface area contributed by atoms with Gasteiger partial charge in [-0.05, 0) is 63.2 Å². The van der Waals surface area contributed by atoms with Crippen LogP contribution in [0.5, 0.6) is 5.75 Å². The molecular formula is C16H28N2O. The molecule has 0 fully saturated rings. The first-order chi connectivity index (χ1) is 9.08. The average Bonchev–Trinajstić information content (AvgIpc) is 2.41. The number of ether oxygens (including phenoxy) is 1. The highest BCUT2D eigenvalue weighted by Gasteiger charge is 2.22. The van der Waals surface area contributed by atoms with Gasteiger partial charge in [0.1, 0.15) is 5.75 Å². The van der Waals surface area contributed by atoms with E-state index >= 15 is 0 Å². The van der Waals surface area contributed by atoms with Crippen molar-refractivity contribution in [1.82, 2.24) is 10.6 Å². The molecule has 0 aromatic heterocycles. The fraction of sp³-hybridized carbons (Fsp3) is 0.625. The Labute approximate surface area is 117 Å². The van der Waals surface area contributed by atoms with E-state index in [1.54, 1.807) is 7.11 Å². The Bertz CT molecular complexity index is 404. The highest BCUT2D eigenvalue weighted by Crippen LogP contribution is 2.31. The van der Waals surface area contributed by atoms with Gasteiger partial charge >= 0.3 is 0 Å². The van der Waals surface area contributed by atoms with Gasteiger partial charge in [-0.3, -0.25) is 0 Å². The fourth-order valence-electron chi connectivity index (χ4n) is 2.77. The van der Waals surface area contributed by atoms with Gasteiger partial charge in [0.2, 0.25) is 0 Å². The third-order valence-corrected chi connectivity index (χ3v) is 3.89. The van der Waals surface area contributed by atoms with Gasteiger partial charge in [-0.25, -0.2) is 0 Å². The molecule has 19 heavy (non-hydrogen) atoms. The lowest BCUT2D eigenvalue weighted by Crippen LogP contribution is -2.32. The smallest absolute Gasteiger partial charge is 0.122 e. The van der Waals surface area contributed by atoms with Crippen LogP contribution in [0.4, 0.5) is 0 Å². The Kier molecular flexibility index (Phi) is 6.32. The van der Waals surface area contributed by atoms with Crippen LogP contribution in [0.1, 0.15) is 36.1 Å². The summed E-state index contributed by atoms with van der Waals surface area (Å²) < 4.78 is 5.40. The molecule has 0 radical (unpaired) electrons. The third kappa shape index (κ3) is 3.71. The summed E-state index contributed by atoms with van der Waals surface area (Å²) in [7, 11) is 5.79. The molecule has 1 aromatic rings. The monoisotopic (exact) mass is 264 g/mol. The zero-order valence-electron chi connectivity index (χ0n) is 13.1. The van der Waals surface area contributed by atoms with E-state index in [0.717, 1.165) is 18.7 Å². The largest absolute Gasteiger partial charge is 0.496 e. The lowest BCUT2D eigenvalue weighted by molar-refractivity contribution is 0.357. The maximum Gasteiger partial charge on any atom is 0.122 e. The Balaban J connectivity index is 3.13. The minimum absolute atomic E-state index is 0.377. The summed E-state index contributed by atoms with van der Waals surface area (Å²) in [5.74, 6) is 1.55. The quantitative estimate of drug-likeness (QED) is 0.794. The molecule has 0 aliphatic rings. The lowest BCUT2D eigenvalue weighted by Gasteiger charge is -2.28. The molecule has 0 aliphatic heterocycles. The van der Waals surface area contributed by atoms with Gasteiger partial charge in [0, 0.05) is 6.04 Å². The van der Waals surface area contributed by atoms with Crippen LogP contribution in [0.25, 0.3) is 0 Å². The summed E-state index contributed by atoms with van der Waals surface area (Å²) in [5, 5.41) is 6.77. The molecule has 0 heterocycles. The molecule has 3 heteroatoms. The Morgan fingerprint density at radius 1 is 1.16 bits per heavy atom. The molecule has 0 spiro atoms. The number of aryl methyl sites for hydroxylation is 2. The predicted molar refractivity (Wildman–Crippen MR) is 82.0 cm³/mol. The van der Waals surface area contributed by atoms with Gasteiger partial charge in [0.05, 0.1) is 7.11 Å². The van der Waals surface area contributed by atoms with Crippen molar-refractivity contribution in [2.75, 3.05) is 27.7 Å². The van der Waals surface area contributed by atoms with E-state index in [4.69, 9.17) is 4.74 Å². The van der Waals surface area contributed by atoms with Crippen molar-refractivity contribution in [3.8, 4) is 5.75 Å².